The standard InChI is InChI=1S/C11H15N.2C2H6/c1-5-10-6-8(2)9(3)7-11(10)12-4;2*1-2/h5-6,11H,1,4,7H2,2-3H3;2*1-2H3. The molecule has 1 atom stereocenters. The third kappa shape index (κ3) is 5.11. The smallest absolute Gasteiger partial charge is 0.0778 e. The van der Waals surface area contributed by atoms with Crippen molar-refractivity contribution >= 4 is 6.72 Å². The maximum Gasteiger partial charge on any atom is 0.0778 e. The van der Waals surface area contributed by atoms with Crippen LogP contribution < -0.4 is 0 Å². The van der Waals surface area contributed by atoms with E-state index in [1.807, 2.05) is 33.8 Å². The Morgan fingerprint density at radius 2 is 1.75 bits per heavy atom. The van der Waals surface area contributed by atoms with Gasteiger partial charge in [-0.15, -0.1) is 0 Å². The number of aliphatic imine (C=N–C) groups is 1. The minimum atomic E-state index is 0.228. The van der Waals surface area contributed by atoms with Gasteiger partial charge in [0.1, 0.15) is 0 Å². The average Bonchev–Trinajstić information content (AvgIpc) is 2.37. The molecule has 0 aliphatic heterocycles. The van der Waals surface area contributed by atoms with Gasteiger partial charge in [-0.1, -0.05) is 57.6 Å². The lowest BCUT2D eigenvalue weighted by molar-refractivity contribution is 0.760. The molecule has 0 saturated heterocycles. The van der Waals surface area contributed by atoms with Crippen molar-refractivity contribution in [2.45, 2.75) is 54.0 Å². The summed E-state index contributed by atoms with van der Waals surface area (Å²) < 4.78 is 0. The molecule has 1 unspecified atom stereocenters. The molecule has 0 aromatic rings. The van der Waals surface area contributed by atoms with Crippen molar-refractivity contribution in [2.24, 2.45) is 4.99 Å². The van der Waals surface area contributed by atoms with Gasteiger partial charge in [-0.05, 0) is 32.6 Å². The van der Waals surface area contributed by atoms with Crippen molar-refractivity contribution in [1.82, 2.24) is 0 Å². The van der Waals surface area contributed by atoms with Gasteiger partial charge < -0.3 is 0 Å². The monoisotopic (exact) mass is 221 g/mol. The average molecular weight is 221 g/mol. The first kappa shape index (κ1) is 17.3. The fourth-order valence-corrected chi connectivity index (χ4v) is 1.40. The third-order valence-electron chi connectivity index (χ3n) is 2.40. The predicted octanol–water partition coefficient (Wildman–Crippen LogP) is 4.96. The highest BCUT2D eigenvalue weighted by molar-refractivity contribution is 5.42. The Bertz CT molecular complexity index is 269. The Hall–Kier alpha value is -1.11. The van der Waals surface area contributed by atoms with Crippen LogP contribution in [0.25, 0.3) is 0 Å². The molecule has 92 valence electrons. The van der Waals surface area contributed by atoms with Crippen LogP contribution in [0.5, 0.6) is 0 Å². The minimum absolute atomic E-state index is 0.228. The van der Waals surface area contributed by atoms with Gasteiger partial charge in [-0.3, -0.25) is 4.99 Å². The van der Waals surface area contributed by atoms with Crippen molar-refractivity contribution in [3.8, 4) is 0 Å². The van der Waals surface area contributed by atoms with Gasteiger partial charge >= 0.3 is 0 Å². The second-order valence-corrected chi connectivity index (χ2v) is 3.21. The van der Waals surface area contributed by atoms with E-state index in [1.54, 1.807) is 0 Å². The first-order valence-electron chi connectivity index (χ1n) is 6.15. The molecule has 16 heavy (non-hydrogen) atoms. The Kier molecular flexibility index (Phi) is 11.2. The molecule has 0 heterocycles. The van der Waals surface area contributed by atoms with E-state index >= 15 is 0 Å². The SMILES string of the molecule is C=CC1=CC(C)=C(C)CC1N=C.CC.CC. The number of rotatable bonds is 2. The molecule has 1 rings (SSSR count). The number of hydrogen-bond acceptors (Lipinski definition) is 1. The largest absolute Gasteiger partial charge is 0.293 e. The van der Waals surface area contributed by atoms with Crippen LogP contribution in [-0.4, -0.2) is 12.8 Å². The molecule has 0 aromatic carbocycles. The summed E-state index contributed by atoms with van der Waals surface area (Å²) in [6, 6.07) is 0.228. The summed E-state index contributed by atoms with van der Waals surface area (Å²) >= 11 is 0. The van der Waals surface area contributed by atoms with Gasteiger partial charge in [0.2, 0.25) is 0 Å². The minimum Gasteiger partial charge on any atom is -0.293 e. The Labute approximate surface area is 102 Å². The molecule has 0 fully saturated rings. The molecule has 0 aromatic heterocycles. The number of hydrogen-bond donors (Lipinski definition) is 0. The molecule has 1 aliphatic rings. The van der Waals surface area contributed by atoms with Crippen molar-refractivity contribution < 1.29 is 0 Å². The van der Waals surface area contributed by atoms with Crippen molar-refractivity contribution in [3.05, 3.63) is 35.5 Å². The molecule has 0 saturated carbocycles. The highest BCUT2D eigenvalue weighted by atomic mass is 14.7. The quantitative estimate of drug-likeness (QED) is 0.584. The second-order valence-electron chi connectivity index (χ2n) is 3.21. The fraction of sp³-hybridized carbons (Fsp3) is 0.533. The van der Waals surface area contributed by atoms with E-state index < -0.39 is 0 Å². The second kappa shape index (κ2) is 10.4. The Morgan fingerprint density at radius 1 is 1.25 bits per heavy atom. The number of nitrogens with zero attached hydrogens (tertiary/aromatic N) is 1. The summed E-state index contributed by atoms with van der Waals surface area (Å²) in [5.74, 6) is 0. The van der Waals surface area contributed by atoms with Crippen LogP contribution in [0.15, 0.2) is 40.4 Å². The zero-order valence-electron chi connectivity index (χ0n) is 11.8. The van der Waals surface area contributed by atoms with Crippen LogP contribution in [0.1, 0.15) is 48.0 Å². The van der Waals surface area contributed by atoms with Crippen LogP contribution in [0.2, 0.25) is 0 Å². The molecule has 0 N–H and O–H groups in total. The van der Waals surface area contributed by atoms with E-state index in [9.17, 15) is 0 Å². The molecule has 1 aliphatic carbocycles. The Balaban J connectivity index is 0. The van der Waals surface area contributed by atoms with Gasteiger partial charge in [0.15, 0.2) is 0 Å². The topological polar surface area (TPSA) is 12.4 Å². The van der Waals surface area contributed by atoms with E-state index in [-0.39, 0.29) is 6.04 Å². The molecule has 1 heteroatoms. The summed E-state index contributed by atoms with van der Waals surface area (Å²) in [6.07, 6.45) is 5.01. The van der Waals surface area contributed by atoms with Gasteiger partial charge in [0.05, 0.1) is 6.04 Å². The lowest BCUT2D eigenvalue weighted by atomic mass is 9.90. The van der Waals surface area contributed by atoms with E-state index in [1.165, 1.54) is 16.7 Å². The molecule has 0 radical (unpaired) electrons. The fourth-order valence-electron chi connectivity index (χ4n) is 1.40. The summed E-state index contributed by atoms with van der Waals surface area (Å²) in [5.41, 5.74) is 3.93. The van der Waals surface area contributed by atoms with Crippen LogP contribution in [0, 0.1) is 0 Å². The molecule has 0 bridgehead atoms. The van der Waals surface area contributed by atoms with Gasteiger partial charge in [-0.2, -0.15) is 0 Å². The molecule has 1 nitrogen and oxygen atoms in total. The van der Waals surface area contributed by atoms with E-state index in [2.05, 4.69) is 38.2 Å². The lowest BCUT2D eigenvalue weighted by Gasteiger charge is -2.20. The zero-order valence-corrected chi connectivity index (χ0v) is 11.8. The highest BCUT2D eigenvalue weighted by Gasteiger charge is 2.15. The molecule has 0 amide bonds. The highest BCUT2D eigenvalue weighted by Crippen LogP contribution is 2.26. The van der Waals surface area contributed by atoms with E-state index in [4.69, 9.17) is 0 Å². The maximum absolute atomic E-state index is 4.06. The zero-order chi connectivity index (χ0) is 13.1. The van der Waals surface area contributed by atoms with Crippen molar-refractivity contribution in [1.29, 1.82) is 0 Å². The summed E-state index contributed by atoms with van der Waals surface area (Å²) in [7, 11) is 0. The molecular weight excluding hydrogens is 194 g/mol. The van der Waals surface area contributed by atoms with Gasteiger partial charge in [-0.25, -0.2) is 0 Å². The first-order valence-corrected chi connectivity index (χ1v) is 6.15. The van der Waals surface area contributed by atoms with Crippen LogP contribution >= 0.6 is 0 Å². The third-order valence-corrected chi connectivity index (χ3v) is 2.40. The molecule has 0 spiro atoms. The summed E-state index contributed by atoms with van der Waals surface area (Å²) in [6.45, 7) is 19.6. The van der Waals surface area contributed by atoms with E-state index in [0.717, 1.165) is 6.42 Å². The molecular formula is C15H27N. The van der Waals surface area contributed by atoms with Crippen LogP contribution in [0.3, 0.4) is 0 Å². The summed E-state index contributed by atoms with van der Waals surface area (Å²) in [5, 5.41) is 0. The van der Waals surface area contributed by atoms with Gasteiger partial charge in [0.25, 0.3) is 0 Å². The van der Waals surface area contributed by atoms with Crippen molar-refractivity contribution in [3.63, 3.8) is 0 Å². The first-order chi connectivity index (χ1) is 7.69. The lowest BCUT2D eigenvalue weighted by Crippen LogP contribution is -2.11. The maximum atomic E-state index is 4.06. The van der Waals surface area contributed by atoms with Crippen molar-refractivity contribution in [2.75, 3.05) is 0 Å². The Morgan fingerprint density at radius 3 is 2.12 bits per heavy atom. The van der Waals surface area contributed by atoms with Gasteiger partial charge in [0, 0.05) is 0 Å². The van der Waals surface area contributed by atoms with E-state index in [0.29, 0.717) is 0 Å². The normalized spacial score (nSPS) is 18.4. The van der Waals surface area contributed by atoms with Crippen LogP contribution in [0.4, 0.5) is 0 Å². The predicted molar refractivity (Wildman–Crippen MR) is 77.3 cm³/mol. The number of allylic oxidation sites excluding steroid dienone is 2. The summed E-state index contributed by atoms with van der Waals surface area (Å²) in [4.78, 5) is 4.06. The van der Waals surface area contributed by atoms with Crippen LogP contribution in [-0.2, 0) is 0 Å².